The number of benzene rings is 1. The number of methoxy groups -OCH3 is 1. The number of alkyl halides is 1. The van der Waals surface area contributed by atoms with Gasteiger partial charge in [0.15, 0.2) is 17.4 Å². The number of anilines is 1. The highest BCUT2D eigenvalue weighted by Gasteiger charge is 2.43. The summed E-state index contributed by atoms with van der Waals surface area (Å²) in [6, 6.07) is 6.59. The van der Waals surface area contributed by atoms with E-state index in [0.717, 1.165) is 5.39 Å². The van der Waals surface area contributed by atoms with E-state index >= 15 is 0 Å². The molecule has 0 saturated heterocycles. The Morgan fingerprint density at radius 1 is 1.39 bits per heavy atom. The number of carbonyl (C=O) groups excluding carboxylic acids is 1. The van der Waals surface area contributed by atoms with Crippen LogP contribution >= 0.6 is 0 Å². The van der Waals surface area contributed by atoms with Crippen molar-refractivity contribution in [3.05, 3.63) is 42.5 Å². The van der Waals surface area contributed by atoms with E-state index < -0.39 is 17.9 Å². The SMILES string of the molecule is COc1c(F)cc2[nH]ncc2c1-c1ccn2nc(NC(=O)[C@@H]3C[C@@H]3F)cc2c1. The number of H-pyrrole nitrogens is 1. The molecule has 0 bridgehead atoms. The van der Waals surface area contributed by atoms with Crippen LogP contribution in [0.3, 0.4) is 0 Å². The topological polar surface area (TPSA) is 84.3 Å². The van der Waals surface area contributed by atoms with Crippen molar-refractivity contribution in [2.45, 2.75) is 12.6 Å². The molecular formula is C19H15F2N5O2. The van der Waals surface area contributed by atoms with Crippen molar-refractivity contribution < 1.29 is 18.3 Å². The zero-order chi connectivity index (χ0) is 19.4. The molecular weight excluding hydrogens is 368 g/mol. The molecule has 1 fully saturated rings. The molecule has 0 spiro atoms. The first-order valence-electron chi connectivity index (χ1n) is 8.69. The lowest BCUT2D eigenvalue weighted by molar-refractivity contribution is -0.117. The molecule has 5 rings (SSSR count). The molecule has 2 atom stereocenters. The maximum absolute atomic E-state index is 14.4. The van der Waals surface area contributed by atoms with Crippen molar-refractivity contribution >= 4 is 28.1 Å². The number of aromatic nitrogens is 4. The molecule has 9 heteroatoms. The third-order valence-electron chi connectivity index (χ3n) is 4.91. The standard InChI is InChI=1S/C19H15F2N5O2/c1-28-18-14(21)7-15-12(8-22-24-15)17(18)9-2-3-26-10(4-9)5-16(25-26)23-19(27)11-6-13(11)20/h2-5,7-8,11,13H,6H2,1H3,(H,22,24)(H,23,25,27)/t11-,13+/m1/s1. The van der Waals surface area contributed by atoms with E-state index in [1.807, 2.05) is 6.07 Å². The van der Waals surface area contributed by atoms with Crippen LogP contribution in [0.5, 0.6) is 5.75 Å². The molecule has 1 aromatic carbocycles. The van der Waals surface area contributed by atoms with Gasteiger partial charge in [0, 0.05) is 29.3 Å². The van der Waals surface area contributed by atoms with Crippen LogP contribution in [0.25, 0.3) is 27.5 Å². The van der Waals surface area contributed by atoms with E-state index in [-0.39, 0.29) is 18.1 Å². The molecule has 1 aliphatic carbocycles. The number of nitrogens with one attached hydrogen (secondary N) is 2. The van der Waals surface area contributed by atoms with Crippen LogP contribution in [0, 0.1) is 11.7 Å². The Kier molecular flexibility index (Phi) is 3.58. The molecule has 7 nitrogen and oxygen atoms in total. The second-order valence-corrected chi connectivity index (χ2v) is 6.76. The van der Waals surface area contributed by atoms with Crippen LogP contribution in [0.2, 0.25) is 0 Å². The number of nitrogens with zero attached hydrogens (tertiary/aromatic N) is 3. The molecule has 0 unspecified atom stereocenters. The molecule has 1 saturated carbocycles. The second-order valence-electron chi connectivity index (χ2n) is 6.76. The fourth-order valence-electron chi connectivity index (χ4n) is 3.39. The summed E-state index contributed by atoms with van der Waals surface area (Å²) in [4.78, 5) is 11.9. The minimum Gasteiger partial charge on any atom is -0.493 e. The van der Waals surface area contributed by atoms with Gasteiger partial charge in [-0.1, -0.05) is 0 Å². The molecule has 1 aliphatic rings. The van der Waals surface area contributed by atoms with Gasteiger partial charge in [-0.2, -0.15) is 10.2 Å². The highest BCUT2D eigenvalue weighted by atomic mass is 19.1. The molecule has 0 radical (unpaired) electrons. The van der Waals surface area contributed by atoms with E-state index in [4.69, 9.17) is 4.74 Å². The maximum atomic E-state index is 14.4. The Morgan fingerprint density at radius 3 is 2.96 bits per heavy atom. The lowest BCUT2D eigenvalue weighted by Crippen LogP contribution is -2.15. The van der Waals surface area contributed by atoms with Crippen LogP contribution in [0.15, 0.2) is 36.7 Å². The van der Waals surface area contributed by atoms with Crippen molar-refractivity contribution in [3.63, 3.8) is 0 Å². The largest absolute Gasteiger partial charge is 0.493 e. The molecule has 0 aliphatic heterocycles. The quantitative estimate of drug-likeness (QED) is 0.566. The highest BCUT2D eigenvalue weighted by Crippen LogP contribution is 2.39. The van der Waals surface area contributed by atoms with Gasteiger partial charge in [0.25, 0.3) is 0 Å². The summed E-state index contributed by atoms with van der Waals surface area (Å²) in [5, 5.41) is 14.4. The monoisotopic (exact) mass is 383 g/mol. The normalized spacial score (nSPS) is 18.5. The molecule has 3 heterocycles. The maximum Gasteiger partial charge on any atom is 0.231 e. The minimum atomic E-state index is -1.07. The number of fused-ring (bicyclic) bond motifs is 2. The Morgan fingerprint density at radius 2 is 2.21 bits per heavy atom. The summed E-state index contributed by atoms with van der Waals surface area (Å²) in [6.07, 6.45) is 2.50. The van der Waals surface area contributed by atoms with Crippen LogP contribution < -0.4 is 10.1 Å². The molecule has 4 aromatic rings. The first kappa shape index (κ1) is 16.7. The summed E-state index contributed by atoms with van der Waals surface area (Å²) < 4.78 is 34.4. The van der Waals surface area contributed by atoms with Gasteiger partial charge in [0.2, 0.25) is 5.91 Å². The van der Waals surface area contributed by atoms with Crippen LogP contribution in [-0.2, 0) is 4.79 Å². The van der Waals surface area contributed by atoms with Crippen LogP contribution in [0.1, 0.15) is 6.42 Å². The van der Waals surface area contributed by atoms with Gasteiger partial charge in [0.1, 0.15) is 6.17 Å². The number of hydrogen-bond donors (Lipinski definition) is 2. The van der Waals surface area contributed by atoms with Gasteiger partial charge in [-0.05, 0) is 24.1 Å². The van der Waals surface area contributed by atoms with Crippen LogP contribution in [-0.4, -0.2) is 39.0 Å². The number of hydrogen-bond acceptors (Lipinski definition) is 4. The summed E-state index contributed by atoms with van der Waals surface area (Å²) in [5.41, 5.74) is 2.51. The third kappa shape index (κ3) is 2.58. The Labute approximate surface area is 157 Å². The van der Waals surface area contributed by atoms with Crippen molar-refractivity contribution in [2.24, 2.45) is 5.92 Å². The van der Waals surface area contributed by atoms with E-state index in [1.165, 1.54) is 13.2 Å². The predicted molar refractivity (Wildman–Crippen MR) is 98.4 cm³/mol. The van der Waals surface area contributed by atoms with Crippen LogP contribution in [0.4, 0.5) is 14.6 Å². The Balaban J connectivity index is 1.58. The number of carbonyl (C=O) groups is 1. The van der Waals surface area contributed by atoms with Gasteiger partial charge in [-0.15, -0.1) is 0 Å². The molecule has 3 aromatic heterocycles. The number of ether oxygens (including phenoxy) is 1. The van der Waals surface area contributed by atoms with Crippen molar-refractivity contribution in [2.75, 3.05) is 12.4 Å². The zero-order valence-electron chi connectivity index (χ0n) is 14.7. The van der Waals surface area contributed by atoms with Crippen molar-refractivity contribution in [1.82, 2.24) is 19.8 Å². The van der Waals surface area contributed by atoms with Gasteiger partial charge in [0.05, 0.1) is 30.3 Å². The number of amides is 1. The van der Waals surface area contributed by atoms with Gasteiger partial charge in [-0.3, -0.25) is 9.89 Å². The Hall–Kier alpha value is -3.49. The predicted octanol–water partition coefficient (Wildman–Crippen LogP) is 3.32. The molecule has 142 valence electrons. The number of aromatic amines is 1. The van der Waals surface area contributed by atoms with Gasteiger partial charge < -0.3 is 10.1 Å². The van der Waals surface area contributed by atoms with E-state index in [2.05, 4.69) is 20.6 Å². The summed E-state index contributed by atoms with van der Waals surface area (Å²) >= 11 is 0. The summed E-state index contributed by atoms with van der Waals surface area (Å²) in [7, 11) is 1.41. The fourth-order valence-corrected chi connectivity index (χ4v) is 3.39. The van der Waals surface area contributed by atoms with E-state index in [0.29, 0.717) is 28.0 Å². The van der Waals surface area contributed by atoms with Gasteiger partial charge >= 0.3 is 0 Å². The first-order valence-corrected chi connectivity index (χ1v) is 8.69. The first-order chi connectivity index (χ1) is 13.5. The lowest BCUT2D eigenvalue weighted by atomic mass is 10.0. The average molecular weight is 383 g/mol. The molecule has 28 heavy (non-hydrogen) atoms. The lowest BCUT2D eigenvalue weighted by Gasteiger charge is -2.11. The summed E-state index contributed by atoms with van der Waals surface area (Å²) in [5.74, 6) is -1.01. The van der Waals surface area contributed by atoms with Crippen molar-refractivity contribution in [3.8, 4) is 16.9 Å². The number of pyridine rings is 1. The second kappa shape index (κ2) is 6.01. The smallest absolute Gasteiger partial charge is 0.231 e. The van der Waals surface area contributed by atoms with Gasteiger partial charge in [-0.25, -0.2) is 13.3 Å². The molecule has 1 amide bonds. The zero-order valence-corrected chi connectivity index (χ0v) is 14.7. The summed E-state index contributed by atoms with van der Waals surface area (Å²) in [6.45, 7) is 0. The number of rotatable bonds is 4. The van der Waals surface area contributed by atoms with E-state index in [9.17, 15) is 13.6 Å². The minimum absolute atomic E-state index is 0.119. The highest BCUT2D eigenvalue weighted by molar-refractivity contribution is 5.99. The average Bonchev–Trinajstić information content (AvgIpc) is 3.05. The van der Waals surface area contributed by atoms with Crippen molar-refractivity contribution in [1.29, 1.82) is 0 Å². The third-order valence-corrected chi connectivity index (χ3v) is 4.91. The number of halogens is 2. The molecule has 2 N–H and O–H groups in total. The Bertz CT molecular complexity index is 1230. The van der Waals surface area contributed by atoms with E-state index in [1.54, 1.807) is 29.0 Å². The fraction of sp³-hybridized carbons (Fsp3) is 0.211.